The van der Waals surface area contributed by atoms with Gasteiger partial charge in [0, 0.05) is 6.21 Å². The number of fused-ring (bicyclic) bond motifs is 1. The van der Waals surface area contributed by atoms with E-state index in [-0.39, 0.29) is 18.1 Å². The van der Waals surface area contributed by atoms with Crippen LogP contribution >= 0.6 is 0 Å². The molecule has 3 rings (SSSR count). The molecule has 0 aliphatic carbocycles. The van der Waals surface area contributed by atoms with E-state index in [0.29, 0.717) is 10.2 Å². The number of nitriles is 1. The number of aliphatic imine (C=N–C) groups is 2. The smallest absolute Gasteiger partial charge is 0.336 e. The molecular formula is C16H14FN6O4S. The summed E-state index contributed by atoms with van der Waals surface area (Å²) in [5.41, 5.74) is -0.0631. The van der Waals surface area contributed by atoms with Gasteiger partial charge in [0.05, 0.1) is 24.3 Å². The van der Waals surface area contributed by atoms with E-state index in [4.69, 9.17) is 5.26 Å². The van der Waals surface area contributed by atoms with Crippen molar-refractivity contribution in [3.05, 3.63) is 29.9 Å². The molecule has 1 radical (unpaired) electrons. The van der Waals surface area contributed by atoms with Crippen molar-refractivity contribution in [2.24, 2.45) is 9.98 Å². The molecule has 0 aromatic heterocycles. The zero-order valence-corrected chi connectivity index (χ0v) is 15.3. The largest absolute Gasteiger partial charge is 0.345 e. The molecule has 28 heavy (non-hydrogen) atoms. The second-order valence-corrected chi connectivity index (χ2v) is 7.77. The molecule has 0 spiro atoms. The van der Waals surface area contributed by atoms with Gasteiger partial charge in [-0.3, -0.25) is 9.79 Å². The zero-order valence-electron chi connectivity index (χ0n) is 14.5. The minimum absolute atomic E-state index is 0.0631. The van der Waals surface area contributed by atoms with E-state index in [1.807, 2.05) is 6.07 Å². The van der Waals surface area contributed by atoms with Crippen LogP contribution in [0.1, 0.15) is 6.92 Å². The number of nitrogens with one attached hydrogen (secondary N) is 2. The van der Waals surface area contributed by atoms with Gasteiger partial charge in [-0.2, -0.15) is 5.26 Å². The third-order valence-electron chi connectivity index (χ3n) is 3.94. The first-order valence-electron chi connectivity index (χ1n) is 7.99. The molecule has 2 aliphatic rings. The molecule has 2 aliphatic heterocycles. The van der Waals surface area contributed by atoms with Gasteiger partial charge in [-0.05, 0) is 25.1 Å². The van der Waals surface area contributed by atoms with Crippen LogP contribution in [-0.4, -0.2) is 55.8 Å². The Labute approximate surface area is 159 Å². The highest BCUT2D eigenvalue weighted by Gasteiger charge is 2.38. The summed E-state index contributed by atoms with van der Waals surface area (Å²) in [7, 11) is -4.40. The molecule has 10 nitrogen and oxygen atoms in total. The highest BCUT2D eigenvalue weighted by atomic mass is 32.2. The van der Waals surface area contributed by atoms with Crippen LogP contribution in [0.4, 0.5) is 14.9 Å². The van der Waals surface area contributed by atoms with Crippen molar-refractivity contribution in [1.29, 1.82) is 5.26 Å². The number of nitrogens with zero attached hydrogens (tertiary/aromatic N) is 4. The lowest BCUT2D eigenvalue weighted by molar-refractivity contribution is -0.121. The number of carbonyl (C=O) groups is 2. The van der Waals surface area contributed by atoms with Crippen molar-refractivity contribution in [2.75, 3.05) is 18.4 Å². The molecule has 0 saturated heterocycles. The molecule has 0 saturated carbocycles. The van der Waals surface area contributed by atoms with Gasteiger partial charge in [0.2, 0.25) is 5.91 Å². The maximum Gasteiger partial charge on any atom is 0.336 e. The first kappa shape index (κ1) is 19.4. The maximum absolute atomic E-state index is 13.4. The lowest BCUT2D eigenvalue weighted by Gasteiger charge is -2.28. The molecule has 0 fully saturated rings. The molecule has 0 bridgehead atoms. The van der Waals surface area contributed by atoms with E-state index >= 15 is 0 Å². The fraction of sp³-hybridized carbons (Fsp3) is 0.250. The van der Waals surface area contributed by atoms with Crippen molar-refractivity contribution in [3.8, 4) is 6.07 Å². The Morgan fingerprint density at radius 3 is 2.89 bits per heavy atom. The summed E-state index contributed by atoms with van der Waals surface area (Å²) >= 11 is 0. The second-order valence-electron chi connectivity index (χ2n) is 5.94. The van der Waals surface area contributed by atoms with Gasteiger partial charge in [0.15, 0.2) is 0 Å². The van der Waals surface area contributed by atoms with Crippen LogP contribution in [0.25, 0.3) is 0 Å². The van der Waals surface area contributed by atoms with Gasteiger partial charge in [-0.15, -0.1) is 0 Å². The fourth-order valence-corrected chi connectivity index (χ4v) is 4.01. The summed E-state index contributed by atoms with van der Waals surface area (Å²) in [4.78, 5) is 32.0. The Hall–Kier alpha value is -3.33. The highest BCUT2D eigenvalue weighted by Crippen LogP contribution is 2.30. The predicted octanol–water partition coefficient (Wildman–Crippen LogP) is 0.448. The first-order valence-corrected chi connectivity index (χ1v) is 9.43. The monoisotopic (exact) mass is 405 g/mol. The number of anilines is 1. The van der Waals surface area contributed by atoms with Crippen LogP contribution in [0.2, 0.25) is 0 Å². The third-order valence-corrected chi connectivity index (χ3v) is 5.71. The highest BCUT2D eigenvalue weighted by molar-refractivity contribution is 7.90. The first-order chi connectivity index (χ1) is 13.2. The van der Waals surface area contributed by atoms with E-state index in [1.165, 1.54) is 6.21 Å². The molecular weight excluding hydrogens is 391 g/mol. The van der Waals surface area contributed by atoms with Gasteiger partial charge in [0.25, 0.3) is 10.0 Å². The molecule has 1 atom stereocenters. The Kier molecular flexibility index (Phi) is 5.10. The molecule has 3 amide bonds. The van der Waals surface area contributed by atoms with Crippen LogP contribution in [0.3, 0.4) is 0 Å². The fourth-order valence-electron chi connectivity index (χ4n) is 2.56. The number of sulfonamides is 1. The number of hydrogen-bond acceptors (Lipinski definition) is 7. The van der Waals surface area contributed by atoms with Crippen molar-refractivity contribution in [3.63, 3.8) is 0 Å². The second kappa shape index (κ2) is 7.35. The van der Waals surface area contributed by atoms with Crippen LogP contribution in [-0.2, 0) is 14.8 Å². The summed E-state index contributed by atoms with van der Waals surface area (Å²) in [5.74, 6) is -0.952. The molecule has 12 heteroatoms. The van der Waals surface area contributed by atoms with Crippen LogP contribution in [0.15, 0.2) is 33.1 Å². The summed E-state index contributed by atoms with van der Waals surface area (Å²) in [6, 6.07) is 3.12. The Bertz CT molecular complexity index is 1050. The molecule has 2 heterocycles. The van der Waals surface area contributed by atoms with Gasteiger partial charge >= 0.3 is 6.03 Å². The SMILES string of the molecule is C[C@H](NC(=O)CN1C(=O)Nc2ccc(F)cc2S1(=O)=O)C1=NC[C](C#N)C=N1. The summed E-state index contributed by atoms with van der Waals surface area (Å²) in [6.07, 6.45) is 1.33. The van der Waals surface area contributed by atoms with Crippen LogP contribution in [0.5, 0.6) is 0 Å². The standard InChI is InChI=1S/C16H14FN6O4S/c1-9(15-19-6-10(5-18)7-20-15)21-14(24)8-23-16(25)22-12-3-2-11(17)4-13(12)28(23,26)27/h2-4,6,9H,7-8H2,1H3,(H,21,24)(H,22,25)/t9-/m0/s1. The normalized spacial score (nSPS) is 19.1. The van der Waals surface area contributed by atoms with E-state index < -0.39 is 45.3 Å². The van der Waals surface area contributed by atoms with Gasteiger partial charge < -0.3 is 10.6 Å². The summed E-state index contributed by atoms with van der Waals surface area (Å²) in [6.45, 7) is 0.892. The number of amidine groups is 1. The topological polar surface area (TPSA) is 144 Å². The van der Waals surface area contributed by atoms with Crippen molar-refractivity contribution < 1.29 is 22.4 Å². The molecule has 145 valence electrons. The van der Waals surface area contributed by atoms with Gasteiger partial charge in [-0.25, -0.2) is 26.9 Å². The van der Waals surface area contributed by atoms with Crippen molar-refractivity contribution >= 4 is 39.7 Å². The quantitative estimate of drug-likeness (QED) is 0.747. The number of amides is 3. The van der Waals surface area contributed by atoms with Crippen molar-refractivity contribution in [2.45, 2.75) is 17.9 Å². The average molecular weight is 405 g/mol. The number of halogens is 1. The Balaban J connectivity index is 1.72. The zero-order chi connectivity index (χ0) is 20.5. The molecule has 1 aromatic rings. The number of rotatable bonds is 4. The van der Waals surface area contributed by atoms with Gasteiger partial charge in [0.1, 0.15) is 29.0 Å². The predicted molar refractivity (Wildman–Crippen MR) is 96.6 cm³/mol. The van der Waals surface area contributed by atoms with E-state index in [0.717, 1.165) is 18.2 Å². The number of carbonyl (C=O) groups excluding carboxylic acids is 2. The maximum atomic E-state index is 13.4. The molecule has 0 unspecified atom stereocenters. The van der Waals surface area contributed by atoms with Gasteiger partial charge in [-0.1, -0.05) is 0 Å². The lowest BCUT2D eigenvalue weighted by Crippen LogP contribution is -2.50. The van der Waals surface area contributed by atoms with Crippen LogP contribution in [0, 0.1) is 23.1 Å². The van der Waals surface area contributed by atoms with E-state index in [2.05, 4.69) is 20.6 Å². The Morgan fingerprint density at radius 2 is 2.25 bits per heavy atom. The Morgan fingerprint density at radius 1 is 1.50 bits per heavy atom. The summed E-state index contributed by atoms with van der Waals surface area (Å²) in [5, 5.41) is 13.6. The minimum Gasteiger partial charge on any atom is -0.345 e. The van der Waals surface area contributed by atoms with E-state index in [9.17, 15) is 22.4 Å². The van der Waals surface area contributed by atoms with Crippen LogP contribution < -0.4 is 10.6 Å². The number of urea groups is 1. The lowest BCUT2D eigenvalue weighted by atomic mass is 10.1. The van der Waals surface area contributed by atoms with E-state index in [1.54, 1.807) is 6.92 Å². The molecule has 1 aromatic carbocycles. The summed E-state index contributed by atoms with van der Waals surface area (Å²) < 4.78 is 38.9. The molecule has 2 N–H and O–H groups in total. The van der Waals surface area contributed by atoms with Crippen molar-refractivity contribution in [1.82, 2.24) is 9.62 Å². The number of hydrogen-bond donors (Lipinski definition) is 2. The minimum atomic E-state index is -4.40. The number of benzene rings is 1. The average Bonchev–Trinajstić information content (AvgIpc) is 2.66. The third kappa shape index (κ3) is 3.70.